The summed E-state index contributed by atoms with van der Waals surface area (Å²) in [5.74, 6) is 1.19. The molecule has 10 heteroatoms. The van der Waals surface area contributed by atoms with Gasteiger partial charge in [-0.1, -0.05) is 49.4 Å². The number of aromatic nitrogens is 4. The van der Waals surface area contributed by atoms with Gasteiger partial charge in [0.25, 0.3) is 0 Å². The van der Waals surface area contributed by atoms with Crippen molar-refractivity contribution in [1.82, 2.24) is 24.4 Å². The molecular formula is C28H32F3N7. The quantitative estimate of drug-likeness (QED) is 0.289. The van der Waals surface area contributed by atoms with Crippen molar-refractivity contribution in [1.29, 1.82) is 0 Å². The van der Waals surface area contributed by atoms with Crippen LogP contribution in [0, 0.1) is 0 Å². The summed E-state index contributed by atoms with van der Waals surface area (Å²) in [6, 6.07) is 16.0. The molecule has 7 nitrogen and oxygen atoms in total. The number of nitrogens with one attached hydrogen (secondary N) is 2. The SMILES string of the molecule is CCCNc1nc(NC2CCN(Cc3ccccc3)CC2)nc2c1ncn2Cc1ccc(C(F)(F)F)cc1. The largest absolute Gasteiger partial charge is 0.416 e. The van der Waals surface area contributed by atoms with Crippen LogP contribution in [-0.2, 0) is 19.3 Å². The van der Waals surface area contributed by atoms with Crippen LogP contribution in [0.2, 0.25) is 0 Å². The molecule has 0 spiro atoms. The minimum Gasteiger partial charge on any atom is -0.368 e. The molecule has 0 radical (unpaired) electrons. The van der Waals surface area contributed by atoms with Crippen LogP contribution >= 0.6 is 0 Å². The lowest BCUT2D eigenvalue weighted by Gasteiger charge is -2.32. The number of fused-ring (bicyclic) bond motifs is 1. The van der Waals surface area contributed by atoms with Crippen molar-refractivity contribution in [2.45, 2.75) is 51.5 Å². The molecule has 0 aliphatic carbocycles. The summed E-state index contributed by atoms with van der Waals surface area (Å²) in [4.78, 5) is 16.5. The van der Waals surface area contributed by atoms with Crippen molar-refractivity contribution in [3.8, 4) is 0 Å². The summed E-state index contributed by atoms with van der Waals surface area (Å²) < 4.78 is 40.7. The average Bonchev–Trinajstić information content (AvgIpc) is 3.31. The third kappa shape index (κ3) is 6.24. The van der Waals surface area contributed by atoms with E-state index < -0.39 is 11.7 Å². The number of alkyl halides is 3. The Morgan fingerprint density at radius 3 is 2.32 bits per heavy atom. The van der Waals surface area contributed by atoms with Crippen LogP contribution in [0.4, 0.5) is 24.9 Å². The molecule has 200 valence electrons. The molecule has 4 aromatic rings. The Bertz CT molecular complexity index is 1330. The molecule has 3 heterocycles. The number of hydrogen-bond donors (Lipinski definition) is 2. The molecule has 2 aromatic carbocycles. The molecule has 1 aliphatic rings. The highest BCUT2D eigenvalue weighted by Crippen LogP contribution is 2.29. The van der Waals surface area contributed by atoms with Gasteiger partial charge in [0.05, 0.1) is 18.4 Å². The monoisotopic (exact) mass is 523 g/mol. The van der Waals surface area contributed by atoms with E-state index in [4.69, 9.17) is 9.97 Å². The molecule has 2 aromatic heterocycles. The van der Waals surface area contributed by atoms with E-state index in [0.717, 1.165) is 63.1 Å². The molecule has 1 saturated heterocycles. The van der Waals surface area contributed by atoms with Crippen LogP contribution in [0.25, 0.3) is 11.2 Å². The Balaban J connectivity index is 1.31. The van der Waals surface area contributed by atoms with Gasteiger partial charge < -0.3 is 15.2 Å². The first kappa shape index (κ1) is 26.0. The van der Waals surface area contributed by atoms with Crippen LogP contribution in [0.1, 0.15) is 42.9 Å². The first-order valence-electron chi connectivity index (χ1n) is 13.0. The number of halogens is 3. The molecule has 1 fully saturated rings. The molecule has 5 rings (SSSR count). The molecule has 0 bridgehead atoms. The summed E-state index contributed by atoms with van der Waals surface area (Å²) in [6.45, 7) is 6.11. The third-order valence-electron chi connectivity index (χ3n) is 6.81. The standard InChI is InChI=1S/C28H32F3N7/c1-2-14-32-25-24-26(38(19-33-24)18-21-8-10-22(11-9-21)28(29,30)31)36-27(35-25)34-23-12-15-37(16-13-23)17-20-6-4-3-5-7-20/h3-11,19,23H,2,12-18H2,1H3,(H2,32,34,35,36). The van der Waals surface area contributed by atoms with Crippen LogP contribution in [0.3, 0.4) is 0 Å². The number of nitrogens with zero attached hydrogens (tertiary/aromatic N) is 5. The first-order chi connectivity index (χ1) is 18.4. The van der Waals surface area contributed by atoms with Crippen LogP contribution in [0.5, 0.6) is 0 Å². The maximum Gasteiger partial charge on any atom is 0.416 e. The summed E-state index contributed by atoms with van der Waals surface area (Å²) in [5, 5.41) is 6.87. The normalized spacial score (nSPS) is 15.2. The van der Waals surface area contributed by atoms with E-state index in [2.05, 4.69) is 51.7 Å². The van der Waals surface area contributed by atoms with E-state index in [1.54, 1.807) is 6.33 Å². The van der Waals surface area contributed by atoms with E-state index in [-0.39, 0.29) is 6.04 Å². The second kappa shape index (κ2) is 11.4. The predicted octanol–water partition coefficient (Wildman–Crippen LogP) is 5.79. The summed E-state index contributed by atoms with van der Waals surface area (Å²) >= 11 is 0. The number of piperidine rings is 1. The van der Waals surface area contributed by atoms with Crippen molar-refractivity contribution in [3.05, 3.63) is 77.6 Å². The average molecular weight is 524 g/mol. The number of imidazole rings is 1. The Kier molecular flexibility index (Phi) is 7.78. The van der Waals surface area contributed by atoms with Gasteiger partial charge in [0.15, 0.2) is 17.0 Å². The second-order valence-electron chi connectivity index (χ2n) is 9.74. The number of hydrogen-bond acceptors (Lipinski definition) is 6. The molecule has 0 saturated carbocycles. The fourth-order valence-electron chi connectivity index (χ4n) is 4.75. The van der Waals surface area contributed by atoms with Gasteiger partial charge in [-0.2, -0.15) is 23.1 Å². The minimum atomic E-state index is -4.36. The fourth-order valence-corrected chi connectivity index (χ4v) is 4.75. The zero-order valence-electron chi connectivity index (χ0n) is 21.4. The second-order valence-corrected chi connectivity index (χ2v) is 9.74. The summed E-state index contributed by atoms with van der Waals surface area (Å²) in [6.07, 6.45) is 0.208. The topological polar surface area (TPSA) is 70.9 Å². The summed E-state index contributed by atoms with van der Waals surface area (Å²) in [5.41, 5.74) is 2.68. The van der Waals surface area contributed by atoms with Crippen molar-refractivity contribution < 1.29 is 13.2 Å². The van der Waals surface area contributed by atoms with Gasteiger partial charge in [0.2, 0.25) is 5.95 Å². The zero-order chi connectivity index (χ0) is 26.5. The first-order valence-corrected chi connectivity index (χ1v) is 13.0. The highest BCUT2D eigenvalue weighted by molar-refractivity contribution is 5.84. The van der Waals surface area contributed by atoms with Gasteiger partial charge in [-0.05, 0) is 42.5 Å². The van der Waals surface area contributed by atoms with E-state index in [9.17, 15) is 13.2 Å². The van der Waals surface area contributed by atoms with Crippen LogP contribution in [0.15, 0.2) is 60.9 Å². The number of likely N-dealkylation sites (tertiary alicyclic amines) is 1. The minimum absolute atomic E-state index is 0.254. The maximum absolute atomic E-state index is 13.0. The van der Waals surface area contributed by atoms with Gasteiger partial charge >= 0.3 is 6.18 Å². The zero-order valence-corrected chi connectivity index (χ0v) is 21.4. The van der Waals surface area contributed by atoms with E-state index in [0.29, 0.717) is 29.5 Å². The lowest BCUT2D eigenvalue weighted by molar-refractivity contribution is -0.137. The van der Waals surface area contributed by atoms with Crippen molar-refractivity contribution in [3.63, 3.8) is 0 Å². The molecular weight excluding hydrogens is 491 g/mol. The molecule has 1 aliphatic heterocycles. The van der Waals surface area contributed by atoms with Gasteiger partial charge in [-0.3, -0.25) is 4.90 Å². The van der Waals surface area contributed by atoms with E-state index >= 15 is 0 Å². The Morgan fingerprint density at radius 1 is 0.921 bits per heavy atom. The smallest absolute Gasteiger partial charge is 0.368 e. The lowest BCUT2D eigenvalue weighted by atomic mass is 10.0. The predicted molar refractivity (Wildman–Crippen MR) is 143 cm³/mol. The number of benzene rings is 2. The van der Waals surface area contributed by atoms with Crippen molar-refractivity contribution >= 4 is 22.9 Å². The van der Waals surface area contributed by atoms with Crippen LogP contribution in [-0.4, -0.2) is 50.1 Å². The van der Waals surface area contributed by atoms with E-state index in [1.807, 2.05) is 10.6 Å². The number of rotatable bonds is 9. The molecule has 0 amide bonds. The fraction of sp³-hybridized carbons (Fsp3) is 0.393. The van der Waals surface area contributed by atoms with Gasteiger partial charge in [-0.25, -0.2) is 4.98 Å². The Labute approximate surface area is 220 Å². The van der Waals surface area contributed by atoms with Gasteiger partial charge in [0.1, 0.15) is 0 Å². The Morgan fingerprint density at radius 2 is 1.63 bits per heavy atom. The van der Waals surface area contributed by atoms with Crippen molar-refractivity contribution in [2.75, 3.05) is 30.3 Å². The highest BCUT2D eigenvalue weighted by Gasteiger charge is 2.30. The molecule has 0 unspecified atom stereocenters. The van der Waals surface area contributed by atoms with Crippen molar-refractivity contribution in [2.24, 2.45) is 0 Å². The highest BCUT2D eigenvalue weighted by atomic mass is 19.4. The number of anilines is 2. The maximum atomic E-state index is 13.0. The lowest BCUT2D eigenvalue weighted by Crippen LogP contribution is -2.39. The molecule has 0 atom stereocenters. The Hall–Kier alpha value is -3.66. The molecule has 38 heavy (non-hydrogen) atoms. The third-order valence-corrected chi connectivity index (χ3v) is 6.81. The van der Waals surface area contributed by atoms with Crippen LogP contribution < -0.4 is 10.6 Å². The van der Waals surface area contributed by atoms with Gasteiger partial charge in [0, 0.05) is 32.2 Å². The van der Waals surface area contributed by atoms with E-state index in [1.165, 1.54) is 17.7 Å². The molecule has 2 N–H and O–H groups in total. The van der Waals surface area contributed by atoms with Gasteiger partial charge in [-0.15, -0.1) is 0 Å². The summed E-state index contributed by atoms with van der Waals surface area (Å²) in [7, 11) is 0.